The van der Waals surface area contributed by atoms with E-state index in [2.05, 4.69) is 0 Å². The Morgan fingerprint density at radius 3 is 2.88 bits per heavy atom. The molecule has 136 valence electrons. The fourth-order valence-corrected chi connectivity index (χ4v) is 3.16. The minimum absolute atomic E-state index is 0.0579. The molecular weight excluding hydrogens is 320 g/mol. The largest absolute Gasteiger partial charge is 0.481 e. The Morgan fingerprint density at radius 2 is 2.20 bits per heavy atom. The predicted octanol–water partition coefficient (Wildman–Crippen LogP) is 3.97. The molecule has 5 nitrogen and oxygen atoms in total. The van der Waals surface area contributed by atoms with E-state index in [0.29, 0.717) is 31.4 Å². The topological polar surface area (TPSA) is 87.7 Å². The van der Waals surface area contributed by atoms with Gasteiger partial charge in [0.25, 0.3) is 0 Å². The Morgan fingerprint density at radius 1 is 1.40 bits per heavy atom. The molecule has 3 unspecified atom stereocenters. The summed E-state index contributed by atoms with van der Waals surface area (Å²) in [5, 5.41) is 18.7. The number of aliphatic carboxylic acids is 1. The van der Waals surface area contributed by atoms with Gasteiger partial charge < -0.3 is 14.6 Å². The monoisotopic (exact) mass is 346 g/mol. The first-order chi connectivity index (χ1) is 12.0. The Bertz CT molecular complexity index is 640. The van der Waals surface area contributed by atoms with Crippen LogP contribution >= 0.6 is 0 Å². The van der Waals surface area contributed by atoms with Crippen molar-refractivity contribution in [1.29, 1.82) is 0 Å². The van der Waals surface area contributed by atoms with Crippen molar-refractivity contribution in [3.05, 3.63) is 48.0 Å². The molecule has 0 bridgehead atoms. The Hall–Kier alpha value is -2.14. The fourth-order valence-electron chi connectivity index (χ4n) is 3.16. The Labute approximate surface area is 148 Å². The Kier molecular flexibility index (Phi) is 7.19. The molecule has 1 aromatic rings. The van der Waals surface area contributed by atoms with Crippen LogP contribution in [0.5, 0.6) is 0 Å². The number of furan rings is 1. The summed E-state index contributed by atoms with van der Waals surface area (Å²) in [5.74, 6) is 0.805. The maximum Gasteiger partial charge on any atom is 0.303 e. The highest BCUT2D eigenvalue weighted by Crippen LogP contribution is 2.33. The Balaban J connectivity index is 1.84. The minimum Gasteiger partial charge on any atom is -0.481 e. The van der Waals surface area contributed by atoms with Gasteiger partial charge in [-0.25, -0.2) is 0 Å². The van der Waals surface area contributed by atoms with E-state index in [1.165, 1.54) is 0 Å². The van der Waals surface area contributed by atoms with E-state index in [9.17, 15) is 14.7 Å². The number of unbranched alkanes of at least 4 members (excludes halogenated alkanes) is 1. The van der Waals surface area contributed by atoms with Gasteiger partial charge in [0.2, 0.25) is 0 Å². The molecule has 1 aliphatic carbocycles. The van der Waals surface area contributed by atoms with Crippen molar-refractivity contribution in [3.63, 3.8) is 0 Å². The molecule has 0 spiro atoms. The zero-order valence-electron chi connectivity index (χ0n) is 14.6. The lowest BCUT2D eigenvalue weighted by atomic mass is 9.91. The van der Waals surface area contributed by atoms with Crippen molar-refractivity contribution in [2.45, 2.75) is 51.6 Å². The highest BCUT2D eigenvalue weighted by Gasteiger charge is 2.31. The van der Waals surface area contributed by atoms with E-state index in [0.717, 1.165) is 12.2 Å². The molecule has 0 aromatic carbocycles. The fraction of sp³-hybridized carbons (Fsp3) is 0.500. The molecule has 2 rings (SSSR count). The zero-order valence-corrected chi connectivity index (χ0v) is 14.6. The van der Waals surface area contributed by atoms with Crippen molar-refractivity contribution >= 4 is 11.8 Å². The van der Waals surface area contributed by atoms with Crippen LogP contribution in [0.15, 0.2) is 40.9 Å². The molecule has 0 radical (unpaired) electrons. The summed E-state index contributed by atoms with van der Waals surface area (Å²) in [5.41, 5.74) is 0. The average molecular weight is 346 g/mol. The van der Waals surface area contributed by atoms with Crippen LogP contribution in [0, 0.1) is 18.8 Å². The molecule has 5 heteroatoms. The van der Waals surface area contributed by atoms with Crippen LogP contribution < -0.4 is 0 Å². The van der Waals surface area contributed by atoms with Crippen LogP contribution in [0.3, 0.4) is 0 Å². The minimum atomic E-state index is -0.795. The summed E-state index contributed by atoms with van der Waals surface area (Å²) >= 11 is 0. The average Bonchev–Trinajstić information content (AvgIpc) is 3.15. The number of carbonyl (C=O) groups is 2. The lowest BCUT2D eigenvalue weighted by molar-refractivity contribution is -0.137. The summed E-state index contributed by atoms with van der Waals surface area (Å²) in [6.45, 7) is 1.83. The van der Waals surface area contributed by atoms with Crippen LogP contribution in [-0.2, 0) is 9.59 Å². The number of carboxylic acids is 1. The van der Waals surface area contributed by atoms with Crippen LogP contribution in [0.2, 0.25) is 0 Å². The number of hydrogen-bond acceptors (Lipinski definition) is 4. The van der Waals surface area contributed by atoms with Crippen LogP contribution in [0.25, 0.3) is 0 Å². The van der Waals surface area contributed by atoms with Gasteiger partial charge in [0, 0.05) is 18.8 Å². The van der Waals surface area contributed by atoms with Crippen molar-refractivity contribution in [3.8, 4) is 0 Å². The third-order valence-corrected chi connectivity index (χ3v) is 4.57. The summed E-state index contributed by atoms with van der Waals surface area (Å²) < 4.78 is 5.41. The summed E-state index contributed by atoms with van der Waals surface area (Å²) in [6, 6.07) is 3.56. The number of rotatable bonds is 9. The molecule has 0 aliphatic heterocycles. The number of aliphatic hydroxyl groups excluding tert-OH is 1. The van der Waals surface area contributed by atoms with Crippen molar-refractivity contribution < 1.29 is 24.2 Å². The summed E-state index contributed by atoms with van der Waals surface area (Å²) in [6.07, 6.45) is 10.3. The molecule has 0 amide bonds. The van der Waals surface area contributed by atoms with E-state index in [1.54, 1.807) is 12.1 Å². The van der Waals surface area contributed by atoms with Crippen LogP contribution in [-0.4, -0.2) is 22.0 Å². The van der Waals surface area contributed by atoms with Crippen molar-refractivity contribution in [2.75, 3.05) is 0 Å². The second-order valence-electron chi connectivity index (χ2n) is 6.55. The number of Topliss-reactive ketones (excluding diaryl/α,β-unsaturated/α-hetero) is 1. The molecule has 2 N–H and O–H groups in total. The molecule has 1 aliphatic rings. The second-order valence-corrected chi connectivity index (χ2v) is 6.55. The molecule has 1 saturated carbocycles. The van der Waals surface area contributed by atoms with E-state index in [1.807, 2.05) is 31.2 Å². The number of hydrogen-bond donors (Lipinski definition) is 2. The number of ketones is 1. The van der Waals surface area contributed by atoms with Gasteiger partial charge >= 0.3 is 5.97 Å². The smallest absolute Gasteiger partial charge is 0.303 e. The maximum absolute atomic E-state index is 12.1. The SMILES string of the molecule is Cc1ccc(C(O)/C=C/C2CCC(=O)C2C/C=C\CCCC(=O)O)o1. The molecule has 1 fully saturated rings. The van der Waals surface area contributed by atoms with Gasteiger partial charge in [-0.2, -0.15) is 0 Å². The zero-order chi connectivity index (χ0) is 18.2. The number of carboxylic acid groups (broad SMARTS) is 1. The quantitative estimate of drug-likeness (QED) is 0.522. The summed E-state index contributed by atoms with van der Waals surface area (Å²) in [4.78, 5) is 22.5. The van der Waals surface area contributed by atoms with Gasteiger partial charge in [-0.3, -0.25) is 9.59 Å². The third kappa shape index (κ3) is 6.02. The number of carbonyl (C=O) groups excluding carboxylic acids is 1. The number of allylic oxidation sites excluding steroid dienone is 3. The first-order valence-electron chi connectivity index (χ1n) is 8.79. The van der Waals surface area contributed by atoms with E-state index in [-0.39, 0.29) is 24.0 Å². The van der Waals surface area contributed by atoms with Crippen molar-refractivity contribution in [1.82, 2.24) is 0 Å². The summed E-state index contributed by atoms with van der Waals surface area (Å²) in [7, 11) is 0. The van der Waals surface area contributed by atoms with Crippen molar-refractivity contribution in [2.24, 2.45) is 11.8 Å². The third-order valence-electron chi connectivity index (χ3n) is 4.57. The van der Waals surface area contributed by atoms with E-state index in [4.69, 9.17) is 9.52 Å². The first-order valence-corrected chi connectivity index (χ1v) is 8.79. The molecule has 1 aromatic heterocycles. The lowest BCUT2D eigenvalue weighted by Gasteiger charge is -2.13. The van der Waals surface area contributed by atoms with E-state index < -0.39 is 12.1 Å². The second kappa shape index (κ2) is 9.37. The van der Waals surface area contributed by atoms with Crippen LogP contribution in [0.1, 0.15) is 56.1 Å². The molecule has 3 atom stereocenters. The van der Waals surface area contributed by atoms with Crippen LogP contribution in [0.4, 0.5) is 0 Å². The normalized spacial score (nSPS) is 22.2. The predicted molar refractivity (Wildman–Crippen MR) is 94.0 cm³/mol. The molecular formula is C20H26O5. The van der Waals surface area contributed by atoms with Gasteiger partial charge in [0.15, 0.2) is 0 Å². The maximum atomic E-state index is 12.1. The molecule has 0 saturated heterocycles. The van der Waals surface area contributed by atoms with Gasteiger partial charge in [-0.15, -0.1) is 0 Å². The van der Waals surface area contributed by atoms with E-state index >= 15 is 0 Å². The van der Waals surface area contributed by atoms with Gasteiger partial charge in [0.05, 0.1) is 0 Å². The highest BCUT2D eigenvalue weighted by molar-refractivity contribution is 5.83. The number of aryl methyl sites for hydroxylation is 1. The first kappa shape index (κ1) is 19.2. The number of aliphatic hydroxyl groups is 1. The standard InChI is InChI=1S/C20H26O5/c1-14-8-13-19(25-14)18(22)12-10-15-9-11-17(21)16(15)6-4-2-3-5-7-20(23)24/h2,4,8,10,12-13,15-16,18,22H,3,5-7,9,11H2,1H3,(H,23,24)/b4-2-,12-10+. The molecule has 1 heterocycles. The highest BCUT2D eigenvalue weighted by atomic mass is 16.4. The van der Waals surface area contributed by atoms with Gasteiger partial charge in [-0.05, 0) is 50.7 Å². The lowest BCUT2D eigenvalue weighted by Crippen LogP contribution is -2.12. The van der Waals surface area contributed by atoms with Gasteiger partial charge in [-0.1, -0.05) is 24.3 Å². The van der Waals surface area contributed by atoms with Gasteiger partial charge in [0.1, 0.15) is 23.4 Å². The molecule has 25 heavy (non-hydrogen) atoms.